The minimum Gasteiger partial charge on any atom is -0.284 e. The minimum absolute atomic E-state index is 0.103. The molecule has 1 aromatic carbocycles. The summed E-state index contributed by atoms with van der Waals surface area (Å²) in [4.78, 5) is 12.4. The fourth-order valence-corrected chi connectivity index (χ4v) is 3.42. The van der Waals surface area contributed by atoms with Crippen molar-refractivity contribution in [2.24, 2.45) is 7.05 Å². The van der Waals surface area contributed by atoms with Crippen molar-refractivity contribution in [3.8, 4) is 5.69 Å². The summed E-state index contributed by atoms with van der Waals surface area (Å²) in [6.45, 7) is 0. The fraction of sp³-hybridized carbons (Fsp3) is 0.308. The Morgan fingerprint density at radius 2 is 2.00 bits per heavy atom. The van der Waals surface area contributed by atoms with E-state index < -0.39 is 0 Å². The minimum atomic E-state index is -0.103. The third kappa shape index (κ3) is 2.16. The van der Waals surface area contributed by atoms with Crippen LogP contribution in [-0.2, 0) is 7.05 Å². The zero-order chi connectivity index (χ0) is 13.7. The predicted octanol–water partition coefficient (Wildman–Crippen LogP) is 4.12. The van der Waals surface area contributed by atoms with Gasteiger partial charge < -0.3 is 0 Å². The standard InChI is InChI=1S/C13H11BrCl2N2O/c1-17-12(7-2-3-7)11(14)13(19)18(17)10-6-8(15)4-5-9(10)16/h4-7H,2-3H2,1H3. The van der Waals surface area contributed by atoms with Gasteiger partial charge in [-0.15, -0.1) is 0 Å². The van der Waals surface area contributed by atoms with Gasteiger partial charge in [0.05, 0.1) is 16.4 Å². The zero-order valence-electron chi connectivity index (χ0n) is 10.2. The van der Waals surface area contributed by atoms with Crippen molar-refractivity contribution in [2.45, 2.75) is 18.8 Å². The fourth-order valence-electron chi connectivity index (χ4n) is 2.31. The molecule has 2 aromatic rings. The van der Waals surface area contributed by atoms with E-state index in [1.54, 1.807) is 22.9 Å². The van der Waals surface area contributed by atoms with Gasteiger partial charge >= 0.3 is 0 Å². The number of benzene rings is 1. The molecule has 1 heterocycles. The van der Waals surface area contributed by atoms with Crippen LogP contribution in [0.15, 0.2) is 27.5 Å². The van der Waals surface area contributed by atoms with Crippen LogP contribution >= 0.6 is 39.1 Å². The molecule has 0 N–H and O–H groups in total. The van der Waals surface area contributed by atoms with Crippen molar-refractivity contribution in [1.82, 2.24) is 9.36 Å². The summed E-state index contributed by atoms with van der Waals surface area (Å²) < 4.78 is 4.04. The molecule has 1 aromatic heterocycles. The van der Waals surface area contributed by atoms with Gasteiger partial charge in [0.15, 0.2) is 0 Å². The monoisotopic (exact) mass is 360 g/mol. The maximum absolute atomic E-state index is 12.4. The Balaban J connectivity index is 2.28. The zero-order valence-corrected chi connectivity index (χ0v) is 13.3. The van der Waals surface area contributed by atoms with E-state index in [1.165, 1.54) is 0 Å². The van der Waals surface area contributed by atoms with Crippen LogP contribution in [-0.4, -0.2) is 9.36 Å². The third-order valence-corrected chi connectivity index (χ3v) is 4.65. The number of nitrogens with zero attached hydrogens (tertiary/aromatic N) is 2. The highest BCUT2D eigenvalue weighted by atomic mass is 79.9. The number of halogens is 3. The highest BCUT2D eigenvalue weighted by Gasteiger charge is 2.32. The van der Waals surface area contributed by atoms with Crippen LogP contribution < -0.4 is 5.56 Å². The van der Waals surface area contributed by atoms with Gasteiger partial charge in [0.2, 0.25) is 0 Å². The average Bonchev–Trinajstić information content (AvgIpc) is 3.15. The smallest absolute Gasteiger partial charge is 0.284 e. The Hall–Kier alpha value is -0.710. The molecule has 3 nitrogen and oxygen atoms in total. The van der Waals surface area contributed by atoms with E-state index in [0.29, 0.717) is 26.1 Å². The van der Waals surface area contributed by atoms with Gasteiger partial charge in [-0.3, -0.25) is 9.48 Å². The summed E-state index contributed by atoms with van der Waals surface area (Å²) in [5, 5.41) is 1.05. The molecule has 0 radical (unpaired) electrons. The molecule has 0 amide bonds. The number of hydrogen-bond donors (Lipinski definition) is 0. The third-order valence-electron chi connectivity index (χ3n) is 3.35. The molecule has 1 aliphatic rings. The quantitative estimate of drug-likeness (QED) is 0.790. The Labute approximate surface area is 128 Å². The van der Waals surface area contributed by atoms with E-state index in [4.69, 9.17) is 23.2 Å². The Morgan fingerprint density at radius 3 is 2.63 bits per heavy atom. The second kappa shape index (κ2) is 4.69. The first-order chi connectivity index (χ1) is 9.00. The SMILES string of the molecule is Cn1c(C2CC2)c(Br)c(=O)n1-c1cc(Cl)ccc1Cl. The van der Waals surface area contributed by atoms with Crippen LogP contribution in [0.5, 0.6) is 0 Å². The molecular formula is C13H11BrCl2N2O. The number of aromatic nitrogens is 2. The van der Waals surface area contributed by atoms with Gasteiger partial charge in [0.25, 0.3) is 5.56 Å². The van der Waals surface area contributed by atoms with Gasteiger partial charge in [-0.25, -0.2) is 4.68 Å². The number of rotatable bonds is 2. The maximum Gasteiger partial charge on any atom is 0.286 e. The van der Waals surface area contributed by atoms with Gasteiger partial charge in [-0.05, 0) is 47.0 Å². The molecule has 0 bridgehead atoms. The van der Waals surface area contributed by atoms with E-state index in [1.807, 2.05) is 11.7 Å². The van der Waals surface area contributed by atoms with Crippen molar-refractivity contribution in [1.29, 1.82) is 0 Å². The topological polar surface area (TPSA) is 26.9 Å². The van der Waals surface area contributed by atoms with Crippen molar-refractivity contribution < 1.29 is 0 Å². The van der Waals surface area contributed by atoms with E-state index in [2.05, 4.69) is 15.9 Å². The predicted molar refractivity (Wildman–Crippen MR) is 80.7 cm³/mol. The molecule has 0 aliphatic heterocycles. The first-order valence-corrected chi connectivity index (χ1v) is 7.48. The maximum atomic E-state index is 12.4. The molecule has 3 rings (SSSR count). The van der Waals surface area contributed by atoms with E-state index in [0.717, 1.165) is 18.5 Å². The highest BCUT2D eigenvalue weighted by molar-refractivity contribution is 9.10. The van der Waals surface area contributed by atoms with E-state index in [-0.39, 0.29) is 5.56 Å². The Kier molecular flexibility index (Phi) is 3.28. The van der Waals surface area contributed by atoms with Crippen LogP contribution in [0.3, 0.4) is 0 Å². The second-order valence-corrected chi connectivity index (χ2v) is 6.35. The van der Waals surface area contributed by atoms with Crippen LogP contribution in [0.2, 0.25) is 10.0 Å². The van der Waals surface area contributed by atoms with Gasteiger partial charge in [-0.1, -0.05) is 23.2 Å². The summed E-state index contributed by atoms with van der Waals surface area (Å²) >= 11 is 15.6. The molecule has 19 heavy (non-hydrogen) atoms. The van der Waals surface area contributed by atoms with Crippen molar-refractivity contribution in [2.75, 3.05) is 0 Å². The number of hydrogen-bond acceptors (Lipinski definition) is 1. The summed E-state index contributed by atoms with van der Waals surface area (Å²) in [7, 11) is 1.87. The summed E-state index contributed by atoms with van der Waals surface area (Å²) in [6, 6.07) is 5.11. The van der Waals surface area contributed by atoms with E-state index >= 15 is 0 Å². The molecule has 100 valence electrons. The summed E-state index contributed by atoms with van der Waals surface area (Å²) in [5.41, 5.74) is 1.53. The molecule has 0 atom stereocenters. The molecule has 0 saturated heterocycles. The van der Waals surface area contributed by atoms with Crippen LogP contribution in [0.25, 0.3) is 5.69 Å². The van der Waals surface area contributed by atoms with Gasteiger partial charge in [0.1, 0.15) is 4.47 Å². The molecule has 6 heteroatoms. The van der Waals surface area contributed by atoms with Gasteiger partial charge in [0, 0.05) is 18.0 Å². The molecule has 1 aliphatic carbocycles. The highest BCUT2D eigenvalue weighted by Crippen LogP contribution is 2.42. The normalized spacial score (nSPS) is 14.9. The average molecular weight is 362 g/mol. The van der Waals surface area contributed by atoms with E-state index in [9.17, 15) is 4.79 Å². The molecule has 0 spiro atoms. The molecule has 1 saturated carbocycles. The molecular weight excluding hydrogens is 351 g/mol. The van der Waals surface area contributed by atoms with Gasteiger partial charge in [-0.2, -0.15) is 0 Å². The largest absolute Gasteiger partial charge is 0.286 e. The van der Waals surface area contributed by atoms with Crippen molar-refractivity contribution >= 4 is 39.1 Å². The van der Waals surface area contributed by atoms with Crippen LogP contribution in [0, 0.1) is 0 Å². The lowest BCUT2D eigenvalue weighted by atomic mass is 10.3. The Morgan fingerprint density at radius 1 is 1.32 bits per heavy atom. The summed E-state index contributed by atoms with van der Waals surface area (Å²) in [5.74, 6) is 0.464. The van der Waals surface area contributed by atoms with Crippen molar-refractivity contribution in [3.05, 3.63) is 48.8 Å². The molecule has 1 fully saturated rings. The molecule has 0 unspecified atom stereocenters. The second-order valence-electron chi connectivity index (χ2n) is 4.71. The summed E-state index contributed by atoms with van der Waals surface area (Å²) in [6.07, 6.45) is 2.25. The lowest BCUT2D eigenvalue weighted by Gasteiger charge is -2.11. The first kappa shape index (κ1) is 13.3. The lowest BCUT2D eigenvalue weighted by Crippen LogP contribution is -2.20. The Bertz CT molecular complexity index is 716. The lowest BCUT2D eigenvalue weighted by molar-refractivity contribution is 0.616. The van der Waals surface area contributed by atoms with Crippen molar-refractivity contribution in [3.63, 3.8) is 0 Å². The first-order valence-electron chi connectivity index (χ1n) is 5.93. The van der Waals surface area contributed by atoms with Crippen LogP contribution in [0.1, 0.15) is 24.5 Å². The van der Waals surface area contributed by atoms with Crippen LogP contribution in [0.4, 0.5) is 0 Å².